The molecule has 0 amide bonds. The zero-order chi connectivity index (χ0) is 10.9. The third-order valence-corrected chi connectivity index (χ3v) is 2.94. The SMILES string of the molecule is Cc1cc(C(N)CC(C)C)c(C)n1C. The molecule has 1 rings (SSSR count). The third-order valence-electron chi connectivity index (χ3n) is 2.94. The third kappa shape index (κ3) is 2.18. The first-order valence-corrected chi connectivity index (χ1v) is 5.31. The maximum absolute atomic E-state index is 6.17. The zero-order valence-electron chi connectivity index (χ0n) is 9.96. The minimum absolute atomic E-state index is 0.190. The lowest BCUT2D eigenvalue weighted by Gasteiger charge is -2.14. The molecule has 0 saturated carbocycles. The largest absolute Gasteiger partial charge is 0.352 e. The van der Waals surface area contributed by atoms with Crippen LogP contribution < -0.4 is 5.73 Å². The fraction of sp³-hybridized carbons (Fsp3) is 0.667. The average Bonchev–Trinajstić information content (AvgIpc) is 2.32. The molecule has 14 heavy (non-hydrogen) atoms. The second kappa shape index (κ2) is 4.18. The molecule has 1 atom stereocenters. The van der Waals surface area contributed by atoms with E-state index in [4.69, 9.17) is 5.73 Å². The van der Waals surface area contributed by atoms with E-state index in [1.165, 1.54) is 17.0 Å². The summed E-state index contributed by atoms with van der Waals surface area (Å²) in [6, 6.07) is 2.40. The molecule has 0 aliphatic heterocycles. The summed E-state index contributed by atoms with van der Waals surface area (Å²) >= 11 is 0. The first-order valence-electron chi connectivity index (χ1n) is 5.31. The van der Waals surface area contributed by atoms with Crippen molar-refractivity contribution in [2.75, 3.05) is 0 Å². The van der Waals surface area contributed by atoms with Crippen LogP contribution in [-0.2, 0) is 7.05 Å². The smallest absolute Gasteiger partial charge is 0.0315 e. The summed E-state index contributed by atoms with van der Waals surface area (Å²) in [4.78, 5) is 0. The fourth-order valence-electron chi connectivity index (χ4n) is 1.89. The van der Waals surface area contributed by atoms with E-state index in [1.54, 1.807) is 0 Å². The van der Waals surface area contributed by atoms with Crippen molar-refractivity contribution in [3.63, 3.8) is 0 Å². The number of hydrogen-bond acceptors (Lipinski definition) is 1. The van der Waals surface area contributed by atoms with Crippen LogP contribution in [0.2, 0.25) is 0 Å². The van der Waals surface area contributed by atoms with E-state index >= 15 is 0 Å². The van der Waals surface area contributed by atoms with E-state index < -0.39 is 0 Å². The Hall–Kier alpha value is -0.760. The topological polar surface area (TPSA) is 30.9 Å². The van der Waals surface area contributed by atoms with Crippen LogP contribution in [0.3, 0.4) is 0 Å². The van der Waals surface area contributed by atoms with E-state index in [9.17, 15) is 0 Å². The lowest BCUT2D eigenvalue weighted by molar-refractivity contribution is 0.508. The Morgan fingerprint density at radius 2 is 1.93 bits per heavy atom. The first-order chi connectivity index (χ1) is 6.43. The van der Waals surface area contributed by atoms with Crippen LogP contribution in [-0.4, -0.2) is 4.57 Å². The van der Waals surface area contributed by atoms with Crippen LogP contribution >= 0.6 is 0 Å². The highest BCUT2D eigenvalue weighted by molar-refractivity contribution is 5.29. The molecule has 1 heterocycles. The molecule has 0 radical (unpaired) electrons. The van der Waals surface area contributed by atoms with Crippen LogP contribution in [0.25, 0.3) is 0 Å². The molecule has 80 valence electrons. The van der Waals surface area contributed by atoms with E-state index in [2.05, 4.69) is 45.4 Å². The van der Waals surface area contributed by atoms with Gasteiger partial charge in [-0.1, -0.05) is 13.8 Å². The van der Waals surface area contributed by atoms with Crippen molar-refractivity contribution < 1.29 is 0 Å². The van der Waals surface area contributed by atoms with Gasteiger partial charge in [-0.2, -0.15) is 0 Å². The highest BCUT2D eigenvalue weighted by Gasteiger charge is 2.14. The Morgan fingerprint density at radius 1 is 1.36 bits per heavy atom. The Balaban J connectivity index is 2.90. The molecule has 2 heteroatoms. The first kappa shape index (κ1) is 11.3. The molecule has 0 fully saturated rings. The Morgan fingerprint density at radius 3 is 2.29 bits per heavy atom. The molecule has 0 aliphatic carbocycles. The molecule has 2 nitrogen and oxygen atoms in total. The monoisotopic (exact) mass is 194 g/mol. The minimum Gasteiger partial charge on any atom is -0.352 e. The predicted molar refractivity (Wildman–Crippen MR) is 61.3 cm³/mol. The number of rotatable bonds is 3. The van der Waals surface area contributed by atoms with E-state index in [0.717, 1.165) is 6.42 Å². The summed E-state index contributed by atoms with van der Waals surface area (Å²) in [7, 11) is 2.09. The van der Waals surface area contributed by atoms with Gasteiger partial charge in [0.05, 0.1) is 0 Å². The zero-order valence-corrected chi connectivity index (χ0v) is 9.96. The second-order valence-electron chi connectivity index (χ2n) is 4.62. The van der Waals surface area contributed by atoms with Gasteiger partial charge in [0.25, 0.3) is 0 Å². The molecular weight excluding hydrogens is 172 g/mol. The van der Waals surface area contributed by atoms with Crippen molar-refractivity contribution in [2.45, 2.75) is 40.2 Å². The second-order valence-corrected chi connectivity index (χ2v) is 4.62. The van der Waals surface area contributed by atoms with Gasteiger partial charge >= 0.3 is 0 Å². The molecule has 1 unspecified atom stereocenters. The maximum Gasteiger partial charge on any atom is 0.0315 e. The molecule has 1 aromatic rings. The Labute approximate surface area is 87.1 Å². The average molecular weight is 194 g/mol. The van der Waals surface area contributed by atoms with Crippen LogP contribution in [0.5, 0.6) is 0 Å². The van der Waals surface area contributed by atoms with Crippen LogP contribution in [0.15, 0.2) is 6.07 Å². The van der Waals surface area contributed by atoms with Gasteiger partial charge in [0.15, 0.2) is 0 Å². The highest BCUT2D eigenvalue weighted by atomic mass is 15.0. The Kier molecular flexibility index (Phi) is 3.38. The summed E-state index contributed by atoms with van der Waals surface area (Å²) in [6.07, 6.45) is 1.06. The number of hydrogen-bond donors (Lipinski definition) is 1. The van der Waals surface area contributed by atoms with Crippen molar-refractivity contribution in [3.8, 4) is 0 Å². The van der Waals surface area contributed by atoms with Gasteiger partial charge in [-0.05, 0) is 37.8 Å². The van der Waals surface area contributed by atoms with Crippen molar-refractivity contribution in [3.05, 3.63) is 23.0 Å². The number of nitrogens with two attached hydrogens (primary N) is 1. The summed E-state index contributed by atoms with van der Waals surface area (Å²) in [5, 5.41) is 0. The van der Waals surface area contributed by atoms with Crippen LogP contribution in [0, 0.1) is 19.8 Å². The quantitative estimate of drug-likeness (QED) is 0.788. The van der Waals surface area contributed by atoms with Crippen molar-refractivity contribution in [1.82, 2.24) is 4.57 Å². The molecule has 0 saturated heterocycles. The summed E-state index contributed by atoms with van der Waals surface area (Å²) < 4.78 is 2.20. The predicted octanol–water partition coefficient (Wildman–Crippen LogP) is 2.69. The lowest BCUT2D eigenvalue weighted by atomic mass is 9.98. The van der Waals surface area contributed by atoms with Gasteiger partial charge in [0.1, 0.15) is 0 Å². The van der Waals surface area contributed by atoms with Gasteiger partial charge in [0.2, 0.25) is 0 Å². The normalized spacial score (nSPS) is 13.6. The Bertz CT molecular complexity index is 310. The van der Waals surface area contributed by atoms with Gasteiger partial charge in [-0.3, -0.25) is 0 Å². The van der Waals surface area contributed by atoms with Gasteiger partial charge in [-0.25, -0.2) is 0 Å². The molecule has 0 spiro atoms. The molecule has 2 N–H and O–H groups in total. The maximum atomic E-state index is 6.17. The molecular formula is C12H22N2. The number of aryl methyl sites for hydroxylation is 1. The standard InChI is InChI=1S/C12H22N2/c1-8(2)6-12(13)11-7-9(3)14(5)10(11)4/h7-8,12H,6,13H2,1-5H3. The van der Waals surface area contributed by atoms with E-state index in [-0.39, 0.29) is 6.04 Å². The fourth-order valence-corrected chi connectivity index (χ4v) is 1.89. The summed E-state index contributed by atoms with van der Waals surface area (Å²) in [5.74, 6) is 0.657. The van der Waals surface area contributed by atoms with Crippen LogP contribution in [0.1, 0.15) is 43.3 Å². The van der Waals surface area contributed by atoms with Crippen LogP contribution in [0.4, 0.5) is 0 Å². The lowest BCUT2D eigenvalue weighted by Crippen LogP contribution is -2.13. The molecule has 1 aromatic heterocycles. The number of aromatic nitrogens is 1. The van der Waals surface area contributed by atoms with Gasteiger partial charge < -0.3 is 10.3 Å². The van der Waals surface area contributed by atoms with Crippen molar-refractivity contribution >= 4 is 0 Å². The minimum atomic E-state index is 0.190. The van der Waals surface area contributed by atoms with E-state index in [1.807, 2.05) is 0 Å². The highest BCUT2D eigenvalue weighted by Crippen LogP contribution is 2.24. The summed E-state index contributed by atoms with van der Waals surface area (Å²) in [6.45, 7) is 8.69. The van der Waals surface area contributed by atoms with Gasteiger partial charge in [-0.15, -0.1) is 0 Å². The number of nitrogens with zero attached hydrogens (tertiary/aromatic N) is 1. The summed E-state index contributed by atoms with van der Waals surface area (Å²) in [5.41, 5.74) is 10.1. The molecule has 0 bridgehead atoms. The van der Waals surface area contributed by atoms with Crippen molar-refractivity contribution in [2.24, 2.45) is 18.7 Å². The van der Waals surface area contributed by atoms with E-state index in [0.29, 0.717) is 5.92 Å². The molecule has 0 aliphatic rings. The molecule has 0 aromatic carbocycles. The van der Waals surface area contributed by atoms with Crippen molar-refractivity contribution in [1.29, 1.82) is 0 Å². The van der Waals surface area contributed by atoms with Gasteiger partial charge in [0, 0.05) is 24.5 Å².